The average molecular weight is 382 g/mol. The maximum atomic E-state index is 13.2. The molecule has 0 atom stereocenters. The van der Waals surface area contributed by atoms with Gasteiger partial charge in [-0.25, -0.2) is 0 Å². The molecule has 1 heterocycles. The largest absolute Gasteiger partial charge is 0.497 e. The number of carbonyl (C=O) groups excluding carboxylic acids is 1. The van der Waals surface area contributed by atoms with Crippen molar-refractivity contribution in [3.8, 4) is 5.75 Å². The minimum absolute atomic E-state index is 0.264. The monoisotopic (exact) mass is 381 g/mol. The van der Waals surface area contributed by atoms with Gasteiger partial charge in [0.2, 0.25) is 5.91 Å². The van der Waals surface area contributed by atoms with Gasteiger partial charge in [0.1, 0.15) is 5.75 Å². The van der Waals surface area contributed by atoms with E-state index < -0.39 is 0 Å². The number of nitrogens with zero attached hydrogens (tertiary/aromatic N) is 3. The molecular formula is C23H31N3O2. The Kier molecular flexibility index (Phi) is 5.69. The lowest BCUT2D eigenvalue weighted by Crippen LogP contribution is -2.38. The van der Waals surface area contributed by atoms with Crippen LogP contribution >= 0.6 is 0 Å². The Morgan fingerprint density at radius 3 is 2.64 bits per heavy atom. The van der Waals surface area contributed by atoms with Gasteiger partial charge >= 0.3 is 0 Å². The molecule has 2 aliphatic carbocycles. The predicted octanol–water partition coefficient (Wildman–Crippen LogP) is 3.82. The fourth-order valence-electron chi connectivity index (χ4n) is 4.81. The Bertz CT molecular complexity index is 819. The van der Waals surface area contributed by atoms with Crippen molar-refractivity contribution in [1.29, 1.82) is 0 Å². The van der Waals surface area contributed by atoms with Crippen LogP contribution in [0, 0.1) is 0 Å². The summed E-state index contributed by atoms with van der Waals surface area (Å²) in [5.41, 5.74) is 5.07. The summed E-state index contributed by atoms with van der Waals surface area (Å²) >= 11 is 0. The number of aryl methyl sites for hydroxylation is 2. The lowest BCUT2D eigenvalue weighted by atomic mass is 10.1. The second kappa shape index (κ2) is 8.38. The first-order valence-electron chi connectivity index (χ1n) is 10.6. The molecule has 2 aromatic rings. The predicted molar refractivity (Wildman–Crippen MR) is 109 cm³/mol. The number of fused-ring (bicyclic) bond motifs is 1. The molecule has 1 aromatic heterocycles. The summed E-state index contributed by atoms with van der Waals surface area (Å²) in [4.78, 5) is 15.3. The van der Waals surface area contributed by atoms with Crippen molar-refractivity contribution >= 4 is 5.91 Å². The molecule has 0 radical (unpaired) electrons. The number of benzene rings is 1. The zero-order valence-corrected chi connectivity index (χ0v) is 17.1. The van der Waals surface area contributed by atoms with Crippen LogP contribution in [0.3, 0.4) is 0 Å². The minimum Gasteiger partial charge on any atom is -0.497 e. The van der Waals surface area contributed by atoms with Crippen LogP contribution < -0.4 is 4.74 Å². The maximum Gasteiger partial charge on any atom is 0.223 e. The Labute approximate surface area is 167 Å². The average Bonchev–Trinajstić information content (AvgIpc) is 3.45. The van der Waals surface area contributed by atoms with Crippen LogP contribution in [0.2, 0.25) is 0 Å². The van der Waals surface area contributed by atoms with Crippen molar-refractivity contribution < 1.29 is 9.53 Å². The fourth-order valence-corrected chi connectivity index (χ4v) is 4.81. The second-order valence-corrected chi connectivity index (χ2v) is 8.16. The van der Waals surface area contributed by atoms with Crippen molar-refractivity contribution in [1.82, 2.24) is 14.7 Å². The van der Waals surface area contributed by atoms with E-state index in [2.05, 4.69) is 17.0 Å². The molecule has 2 aliphatic rings. The number of amides is 1. The summed E-state index contributed by atoms with van der Waals surface area (Å²) in [6.07, 6.45) is 9.48. The summed E-state index contributed by atoms with van der Waals surface area (Å²) < 4.78 is 7.26. The molecule has 5 heteroatoms. The van der Waals surface area contributed by atoms with Gasteiger partial charge in [0, 0.05) is 25.2 Å². The number of methoxy groups -OCH3 is 1. The third-order valence-corrected chi connectivity index (χ3v) is 6.39. The molecule has 0 spiro atoms. The Hall–Kier alpha value is -2.30. The van der Waals surface area contributed by atoms with E-state index in [4.69, 9.17) is 9.84 Å². The zero-order chi connectivity index (χ0) is 19.5. The first-order chi connectivity index (χ1) is 13.7. The molecule has 1 saturated carbocycles. The van der Waals surface area contributed by atoms with E-state index in [0.717, 1.165) is 43.5 Å². The van der Waals surface area contributed by atoms with Gasteiger partial charge in [0.15, 0.2) is 0 Å². The highest BCUT2D eigenvalue weighted by Gasteiger charge is 2.29. The van der Waals surface area contributed by atoms with Gasteiger partial charge in [-0.1, -0.05) is 25.0 Å². The number of hydrogen-bond donors (Lipinski definition) is 0. The molecule has 150 valence electrons. The van der Waals surface area contributed by atoms with Gasteiger partial charge in [-0.3, -0.25) is 9.48 Å². The first kappa shape index (κ1) is 19.0. The van der Waals surface area contributed by atoms with Crippen molar-refractivity contribution in [2.75, 3.05) is 7.11 Å². The van der Waals surface area contributed by atoms with Gasteiger partial charge in [-0.05, 0) is 61.8 Å². The Morgan fingerprint density at radius 1 is 1.18 bits per heavy atom. The normalized spacial score (nSPS) is 16.4. The second-order valence-electron chi connectivity index (χ2n) is 8.16. The third-order valence-electron chi connectivity index (χ3n) is 6.39. The topological polar surface area (TPSA) is 47.4 Å². The molecule has 0 N–H and O–H groups in total. The SMILES string of the molecule is COc1ccc(CCC(=O)N(Cc2nn(C)c3c2CCC3)C2CCCC2)cc1. The molecule has 1 fully saturated rings. The van der Waals surface area contributed by atoms with Crippen LogP contribution in [0.5, 0.6) is 5.75 Å². The van der Waals surface area contributed by atoms with Crippen LogP contribution in [-0.2, 0) is 37.6 Å². The number of rotatable bonds is 7. The van der Waals surface area contributed by atoms with Crippen LogP contribution in [-0.4, -0.2) is 33.7 Å². The van der Waals surface area contributed by atoms with Crippen LogP contribution in [0.4, 0.5) is 0 Å². The summed E-state index contributed by atoms with van der Waals surface area (Å²) in [5, 5.41) is 4.77. The van der Waals surface area contributed by atoms with Crippen molar-refractivity contribution in [3.05, 3.63) is 46.8 Å². The third kappa shape index (κ3) is 3.94. The summed E-state index contributed by atoms with van der Waals surface area (Å²) in [7, 11) is 3.71. The molecule has 0 bridgehead atoms. The van der Waals surface area contributed by atoms with Crippen molar-refractivity contribution in [3.63, 3.8) is 0 Å². The van der Waals surface area contributed by atoms with E-state index >= 15 is 0 Å². The standard InChI is InChI=1S/C23H31N3O2/c1-25-22-9-5-8-20(22)21(24-25)16-26(18-6-3-4-7-18)23(27)15-12-17-10-13-19(28-2)14-11-17/h10-11,13-14,18H,3-9,12,15-16H2,1-2H3. The minimum atomic E-state index is 0.264. The van der Waals surface area contributed by atoms with Crippen LogP contribution in [0.25, 0.3) is 0 Å². The van der Waals surface area contributed by atoms with E-state index in [1.54, 1.807) is 7.11 Å². The molecule has 4 rings (SSSR count). The molecular weight excluding hydrogens is 350 g/mol. The molecule has 0 aliphatic heterocycles. The zero-order valence-electron chi connectivity index (χ0n) is 17.1. The summed E-state index contributed by atoms with van der Waals surface area (Å²) in [6, 6.07) is 8.41. The number of carbonyl (C=O) groups is 1. The highest BCUT2D eigenvalue weighted by atomic mass is 16.5. The Morgan fingerprint density at radius 2 is 1.93 bits per heavy atom. The number of ether oxygens (including phenoxy) is 1. The van der Waals surface area contributed by atoms with E-state index in [1.807, 2.05) is 23.9 Å². The summed E-state index contributed by atoms with van der Waals surface area (Å²) in [6.45, 7) is 0.676. The highest BCUT2D eigenvalue weighted by molar-refractivity contribution is 5.77. The van der Waals surface area contributed by atoms with E-state index in [0.29, 0.717) is 19.0 Å². The lowest BCUT2D eigenvalue weighted by molar-refractivity contribution is -0.134. The smallest absolute Gasteiger partial charge is 0.223 e. The Balaban J connectivity index is 1.46. The maximum absolute atomic E-state index is 13.2. The van der Waals surface area contributed by atoms with Crippen molar-refractivity contribution in [2.45, 2.75) is 70.4 Å². The van der Waals surface area contributed by atoms with E-state index in [9.17, 15) is 4.79 Å². The van der Waals surface area contributed by atoms with E-state index in [1.165, 1.54) is 36.1 Å². The van der Waals surface area contributed by atoms with Gasteiger partial charge in [0.05, 0.1) is 19.3 Å². The highest BCUT2D eigenvalue weighted by Crippen LogP contribution is 2.29. The molecule has 1 amide bonds. The first-order valence-corrected chi connectivity index (χ1v) is 10.6. The van der Waals surface area contributed by atoms with Crippen molar-refractivity contribution in [2.24, 2.45) is 7.05 Å². The van der Waals surface area contributed by atoms with E-state index in [-0.39, 0.29) is 5.91 Å². The lowest BCUT2D eigenvalue weighted by Gasteiger charge is -2.29. The molecule has 5 nitrogen and oxygen atoms in total. The number of hydrogen-bond acceptors (Lipinski definition) is 3. The molecule has 1 aromatic carbocycles. The molecule has 0 saturated heterocycles. The number of aromatic nitrogens is 2. The molecule has 0 unspecified atom stereocenters. The van der Waals surface area contributed by atoms with Crippen LogP contribution in [0.1, 0.15) is 61.0 Å². The fraction of sp³-hybridized carbons (Fsp3) is 0.565. The van der Waals surface area contributed by atoms with Gasteiger partial charge in [-0.2, -0.15) is 5.10 Å². The van der Waals surface area contributed by atoms with Gasteiger partial charge in [0.25, 0.3) is 0 Å². The molecule has 28 heavy (non-hydrogen) atoms. The van der Waals surface area contributed by atoms with Gasteiger partial charge in [-0.15, -0.1) is 0 Å². The summed E-state index contributed by atoms with van der Waals surface area (Å²) in [5.74, 6) is 1.12. The van der Waals surface area contributed by atoms with Crippen LogP contribution in [0.15, 0.2) is 24.3 Å². The quantitative estimate of drug-likeness (QED) is 0.732. The van der Waals surface area contributed by atoms with Gasteiger partial charge < -0.3 is 9.64 Å².